The third-order valence-corrected chi connectivity index (χ3v) is 8.36. The van der Waals surface area contributed by atoms with Gasteiger partial charge in [0.15, 0.2) is 0 Å². The SMILES string of the molecule is c1ccc(-n2c3cc(-c4ccc5c(c4)-c4cccc6cccc(c46)O5)ccc3c3ccc4ccccc4c32)cc1. The Kier molecular flexibility index (Phi) is 4.36. The number of hydrogen-bond donors (Lipinski definition) is 0. The van der Waals surface area contributed by atoms with Crippen molar-refractivity contribution < 1.29 is 4.74 Å². The lowest BCUT2D eigenvalue weighted by Gasteiger charge is -2.22. The Labute approximate surface area is 231 Å². The van der Waals surface area contributed by atoms with E-state index >= 15 is 0 Å². The Morgan fingerprint density at radius 2 is 1.20 bits per heavy atom. The Hall–Kier alpha value is -5.34. The van der Waals surface area contributed by atoms with Crippen LogP contribution in [0, 0.1) is 0 Å². The maximum absolute atomic E-state index is 6.36. The fraction of sp³-hybridized carbons (Fsp3) is 0. The number of nitrogens with zero attached hydrogens (tertiary/aromatic N) is 1. The molecule has 9 rings (SSSR count). The molecule has 186 valence electrons. The van der Waals surface area contributed by atoms with Gasteiger partial charge in [0, 0.05) is 32.8 Å². The van der Waals surface area contributed by atoms with Crippen LogP contribution >= 0.6 is 0 Å². The molecule has 0 bridgehead atoms. The molecule has 0 unspecified atom stereocenters. The van der Waals surface area contributed by atoms with Gasteiger partial charge in [0.25, 0.3) is 0 Å². The van der Waals surface area contributed by atoms with Crippen molar-refractivity contribution in [1.82, 2.24) is 4.57 Å². The molecule has 40 heavy (non-hydrogen) atoms. The van der Waals surface area contributed by atoms with Crippen molar-refractivity contribution in [3.63, 3.8) is 0 Å². The fourth-order valence-electron chi connectivity index (χ4n) is 6.55. The Balaban J connectivity index is 1.31. The molecule has 0 aliphatic carbocycles. The number of fused-ring (bicyclic) bond motifs is 7. The number of ether oxygens (including phenoxy) is 1. The third kappa shape index (κ3) is 2.99. The first-order valence-corrected chi connectivity index (χ1v) is 13.7. The molecular formula is C38H23NO. The average molecular weight is 510 g/mol. The van der Waals surface area contributed by atoms with Crippen LogP contribution in [0.25, 0.3) is 71.3 Å². The fourth-order valence-corrected chi connectivity index (χ4v) is 6.55. The Bertz CT molecular complexity index is 2290. The van der Waals surface area contributed by atoms with Gasteiger partial charge in [0.2, 0.25) is 0 Å². The molecule has 1 aliphatic heterocycles. The molecule has 0 radical (unpaired) electrons. The van der Waals surface area contributed by atoms with Gasteiger partial charge in [-0.3, -0.25) is 0 Å². The van der Waals surface area contributed by atoms with E-state index in [0.29, 0.717) is 0 Å². The summed E-state index contributed by atoms with van der Waals surface area (Å²) in [4.78, 5) is 0. The zero-order valence-electron chi connectivity index (χ0n) is 21.6. The first-order valence-electron chi connectivity index (χ1n) is 13.7. The molecule has 0 saturated heterocycles. The van der Waals surface area contributed by atoms with Crippen molar-refractivity contribution in [2.24, 2.45) is 0 Å². The number of hydrogen-bond acceptors (Lipinski definition) is 1. The molecule has 2 nitrogen and oxygen atoms in total. The van der Waals surface area contributed by atoms with E-state index in [-0.39, 0.29) is 0 Å². The van der Waals surface area contributed by atoms with Gasteiger partial charge in [-0.2, -0.15) is 0 Å². The third-order valence-electron chi connectivity index (χ3n) is 8.36. The van der Waals surface area contributed by atoms with Crippen molar-refractivity contribution in [2.75, 3.05) is 0 Å². The first-order chi connectivity index (χ1) is 19.8. The quantitative estimate of drug-likeness (QED) is 0.226. The molecule has 1 aromatic heterocycles. The van der Waals surface area contributed by atoms with Crippen LogP contribution in [0.2, 0.25) is 0 Å². The smallest absolute Gasteiger partial charge is 0.135 e. The highest BCUT2D eigenvalue weighted by Crippen LogP contribution is 2.47. The largest absolute Gasteiger partial charge is 0.456 e. The van der Waals surface area contributed by atoms with Gasteiger partial charge in [0.05, 0.1) is 11.0 Å². The van der Waals surface area contributed by atoms with Crippen molar-refractivity contribution >= 4 is 43.4 Å². The molecule has 1 aliphatic rings. The molecule has 8 aromatic rings. The topological polar surface area (TPSA) is 14.2 Å². The molecule has 0 spiro atoms. The molecule has 2 heterocycles. The highest BCUT2D eigenvalue weighted by Gasteiger charge is 2.21. The predicted molar refractivity (Wildman–Crippen MR) is 167 cm³/mol. The summed E-state index contributed by atoms with van der Waals surface area (Å²) < 4.78 is 8.79. The highest BCUT2D eigenvalue weighted by atomic mass is 16.5. The van der Waals surface area contributed by atoms with E-state index in [1.54, 1.807) is 0 Å². The van der Waals surface area contributed by atoms with Crippen LogP contribution < -0.4 is 4.74 Å². The minimum atomic E-state index is 0.904. The predicted octanol–water partition coefficient (Wildman–Crippen LogP) is 10.5. The van der Waals surface area contributed by atoms with Crippen LogP contribution in [0.5, 0.6) is 11.5 Å². The average Bonchev–Trinajstić information content (AvgIpc) is 3.36. The van der Waals surface area contributed by atoms with Gasteiger partial charge >= 0.3 is 0 Å². The molecule has 2 heteroatoms. The van der Waals surface area contributed by atoms with E-state index in [0.717, 1.165) is 22.7 Å². The monoisotopic (exact) mass is 509 g/mol. The van der Waals surface area contributed by atoms with Gasteiger partial charge in [-0.05, 0) is 63.9 Å². The number of benzene rings is 7. The lowest BCUT2D eigenvalue weighted by atomic mass is 9.92. The lowest BCUT2D eigenvalue weighted by Crippen LogP contribution is -1.97. The molecular weight excluding hydrogens is 486 g/mol. The summed E-state index contributed by atoms with van der Waals surface area (Å²) in [6, 6.07) is 50.1. The van der Waals surface area contributed by atoms with Crippen molar-refractivity contribution in [3.8, 4) is 39.4 Å². The second kappa shape index (κ2) is 8.08. The van der Waals surface area contributed by atoms with E-state index in [9.17, 15) is 0 Å². The highest BCUT2D eigenvalue weighted by molar-refractivity contribution is 6.19. The minimum absolute atomic E-state index is 0.904. The minimum Gasteiger partial charge on any atom is -0.456 e. The maximum Gasteiger partial charge on any atom is 0.135 e. The van der Waals surface area contributed by atoms with Gasteiger partial charge in [-0.1, -0.05) is 103 Å². The Morgan fingerprint density at radius 1 is 0.450 bits per heavy atom. The lowest BCUT2D eigenvalue weighted by molar-refractivity contribution is 0.487. The normalized spacial score (nSPS) is 12.2. The van der Waals surface area contributed by atoms with Gasteiger partial charge in [-0.25, -0.2) is 0 Å². The van der Waals surface area contributed by atoms with Crippen LogP contribution in [0.4, 0.5) is 0 Å². The first kappa shape index (κ1) is 21.6. The summed E-state index contributed by atoms with van der Waals surface area (Å²) in [6.07, 6.45) is 0. The summed E-state index contributed by atoms with van der Waals surface area (Å²) in [5.74, 6) is 1.83. The van der Waals surface area contributed by atoms with Crippen LogP contribution in [-0.2, 0) is 0 Å². The van der Waals surface area contributed by atoms with Crippen LogP contribution in [-0.4, -0.2) is 4.57 Å². The zero-order chi connectivity index (χ0) is 26.2. The summed E-state index contributed by atoms with van der Waals surface area (Å²) in [6.45, 7) is 0. The van der Waals surface area contributed by atoms with Gasteiger partial charge in [-0.15, -0.1) is 0 Å². The van der Waals surface area contributed by atoms with E-state index in [1.807, 2.05) is 0 Å². The maximum atomic E-state index is 6.36. The van der Waals surface area contributed by atoms with Crippen molar-refractivity contribution in [1.29, 1.82) is 0 Å². The second-order valence-corrected chi connectivity index (χ2v) is 10.6. The van der Waals surface area contributed by atoms with Gasteiger partial charge in [0.1, 0.15) is 11.5 Å². The molecule has 0 atom stereocenters. The van der Waals surface area contributed by atoms with E-state index in [2.05, 4.69) is 144 Å². The van der Waals surface area contributed by atoms with Crippen LogP contribution in [0.15, 0.2) is 140 Å². The molecule has 0 N–H and O–H groups in total. The van der Waals surface area contributed by atoms with Crippen LogP contribution in [0.1, 0.15) is 0 Å². The number of rotatable bonds is 2. The summed E-state index contributed by atoms with van der Waals surface area (Å²) in [5.41, 5.74) is 8.34. The van der Waals surface area contributed by atoms with Crippen molar-refractivity contribution in [2.45, 2.75) is 0 Å². The summed E-state index contributed by atoms with van der Waals surface area (Å²) in [5, 5.41) is 7.42. The standard InChI is InChI=1S/C38H23NO/c1-2-11-28(12-3-1)39-34-23-27(17-19-30(34)32-20-16-24-8-4-5-13-29(24)38(32)39)26-18-21-35-33(22-26)31-14-6-9-25-10-7-15-36(40-35)37(25)31/h1-23H. The summed E-state index contributed by atoms with van der Waals surface area (Å²) in [7, 11) is 0. The Morgan fingerprint density at radius 3 is 2.12 bits per heavy atom. The number of aromatic nitrogens is 1. The molecule has 0 saturated carbocycles. The number of para-hydroxylation sites is 1. The zero-order valence-corrected chi connectivity index (χ0v) is 21.6. The van der Waals surface area contributed by atoms with Crippen molar-refractivity contribution in [3.05, 3.63) is 140 Å². The van der Waals surface area contributed by atoms with E-state index in [1.165, 1.54) is 60.0 Å². The van der Waals surface area contributed by atoms with Crippen LogP contribution in [0.3, 0.4) is 0 Å². The van der Waals surface area contributed by atoms with E-state index < -0.39 is 0 Å². The second-order valence-electron chi connectivity index (χ2n) is 10.6. The molecule has 7 aromatic carbocycles. The summed E-state index contributed by atoms with van der Waals surface area (Å²) >= 11 is 0. The molecule has 0 amide bonds. The molecule has 0 fully saturated rings. The van der Waals surface area contributed by atoms with Gasteiger partial charge < -0.3 is 9.30 Å². The van der Waals surface area contributed by atoms with E-state index in [4.69, 9.17) is 4.74 Å².